The van der Waals surface area contributed by atoms with Crippen molar-refractivity contribution in [3.05, 3.63) is 54.1 Å². The minimum Gasteiger partial charge on any atom is -0.349 e. The second-order valence-corrected chi connectivity index (χ2v) is 9.82. The zero-order chi connectivity index (χ0) is 24.0. The van der Waals surface area contributed by atoms with Crippen LogP contribution in [0.1, 0.15) is 31.8 Å². The van der Waals surface area contributed by atoms with Gasteiger partial charge in [-0.1, -0.05) is 32.0 Å². The number of carbonyl (C=O) groups is 3. The van der Waals surface area contributed by atoms with Crippen molar-refractivity contribution < 1.29 is 22.8 Å². The van der Waals surface area contributed by atoms with Gasteiger partial charge in [-0.2, -0.15) is 4.72 Å². The molecular weight excluding hydrogens is 446 g/mol. The van der Waals surface area contributed by atoms with Crippen LogP contribution in [0.4, 0.5) is 0 Å². The number of Topliss-reactive ketones (excluding diaryl/α,β-unsaturated/α-hetero) is 1. The predicted molar refractivity (Wildman–Crippen MR) is 119 cm³/mol. The molecule has 1 aliphatic heterocycles. The molecule has 2 amide bonds. The molecule has 2 unspecified atom stereocenters. The quantitative estimate of drug-likeness (QED) is 0.506. The van der Waals surface area contributed by atoms with Crippen molar-refractivity contribution in [3.63, 3.8) is 0 Å². The summed E-state index contributed by atoms with van der Waals surface area (Å²) < 4.78 is 27.9. The van der Waals surface area contributed by atoms with E-state index in [1.165, 1.54) is 12.1 Å². The molecule has 176 valence electrons. The van der Waals surface area contributed by atoms with Crippen molar-refractivity contribution >= 4 is 27.6 Å². The fraction of sp³-hybridized carbons (Fsp3) is 0.409. The normalized spacial score (nSPS) is 18.2. The Kier molecular flexibility index (Phi) is 7.88. The summed E-state index contributed by atoms with van der Waals surface area (Å²) in [6, 6.07) is 7.01. The molecule has 3 N–H and O–H groups in total. The van der Waals surface area contributed by atoms with Gasteiger partial charge in [-0.3, -0.25) is 14.4 Å². The number of hydrogen-bond acceptors (Lipinski definition) is 7. The Morgan fingerprint density at radius 3 is 2.58 bits per heavy atom. The molecule has 2 atom stereocenters. The van der Waals surface area contributed by atoms with Gasteiger partial charge in [0.2, 0.25) is 21.7 Å². The van der Waals surface area contributed by atoms with E-state index in [0.717, 1.165) is 5.69 Å². The number of aromatic nitrogens is 2. The van der Waals surface area contributed by atoms with Gasteiger partial charge in [0.05, 0.1) is 4.90 Å². The summed E-state index contributed by atoms with van der Waals surface area (Å²) in [7, 11) is -3.99. The molecule has 1 aliphatic rings. The monoisotopic (exact) mass is 473 g/mol. The van der Waals surface area contributed by atoms with Gasteiger partial charge in [0.25, 0.3) is 5.91 Å². The van der Waals surface area contributed by atoms with Gasteiger partial charge in [-0.05, 0) is 37.0 Å². The van der Waals surface area contributed by atoms with Crippen molar-refractivity contribution in [1.82, 2.24) is 25.3 Å². The molecule has 0 aliphatic carbocycles. The Balaban J connectivity index is 1.83. The Morgan fingerprint density at radius 1 is 1.15 bits per heavy atom. The first kappa shape index (κ1) is 24.5. The molecule has 10 nitrogen and oxygen atoms in total. The predicted octanol–water partition coefficient (Wildman–Crippen LogP) is 0.139. The standard InChI is InChI=1S/C22H27N5O5S/c1-14(2)19(27-33(31,32)16-8-4-3-5-9-16)21(29)26-17-13-18-23-12-10-15(25-18)7-6-11-24-22(30)20(17)28/h3-5,8-10,12,14,17,19,27H,6-7,11,13H2,1-2H3,(H,24,30)(H,26,29). The van der Waals surface area contributed by atoms with Crippen molar-refractivity contribution in [1.29, 1.82) is 0 Å². The zero-order valence-electron chi connectivity index (χ0n) is 18.4. The number of ketones is 1. The topological polar surface area (TPSA) is 147 Å². The molecule has 0 fully saturated rings. The third-order valence-electron chi connectivity index (χ3n) is 5.19. The lowest BCUT2D eigenvalue weighted by molar-refractivity contribution is -0.140. The minimum absolute atomic E-state index is 0.0130. The molecule has 33 heavy (non-hydrogen) atoms. The van der Waals surface area contributed by atoms with E-state index < -0.39 is 45.6 Å². The summed E-state index contributed by atoms with van der Waals surface area (Å²) in [4.78, 5) is 46.8. The first-order valence-electron chi connectivity index (χ1n) is 10.7. The summed E-state index contributed by atoms with van der Waals surface area (Å²) in [6.45, 7) is 3.64. The summed E-state index contributed by atoms with van der Waals surface area (Å²) in [5, 5.41) is 5.10. The van der Waals surface area contributed by atoms with Gasteiger partial charge in [-0.15, -0.1) is 0 Å². The maximum atomic E-state index is 13.1. The summed E-state index contributed by atoms with van der Waals surface area (Å²) >= 11 is 0. The van der Waals surface area contributed by atoms with Crippen LogP contribution in [0.15, 0.2) is 47.5 Å². The number of fused-ring (bicyclic) bond motifs is 2. The Morgan fingerprint density at radius 2 is 1.88 bits per heavy atom. The van der Waals surface area contributed by atoms with E-state index in [9.17, 15) is 22.8 Å². The third kappa shape index (κ3) is 6.42. The van der Waals surface area contributed by atoms with Crippen LogP contribution in [-0.4, -0.2) is 54.6 Å². The van der Waals surface area contributed by atoms with Crippen LogP contribution >= 0.6 is 0 Å². The van der Waals surface area contributed by atoms with Crippen molar-refractivity contribution in [3.8, 4) is 0 Å². The number of nitrogens with zero attached hydrogens (tertiary/aromatic N) is 2. The average Bonchev–Trinajstić information content (AvgIpc) is 2.80. The van der Waals surface area contributed by atoms with E-state index in [4.69, 9.17) is 0 Å². The molecule has 1 aromatic carbocycles. The van der Waals surface area contributed by atoms with Crippen LogP contribution in [0, 0.1) is 5.92 Å². The van der Waals surface area contributed by atoms with Gasteiger partial charge in [0.1, 0.15) is 17.9 Å². The SMILES string of the molecule is CC(C)C(NS(=O)(=O)c1ccccc1)C(=O)NC1Cc2nccc(n2)CCCNC(=O)C1=O. The summed E-state index contributed by atoms with van der Waals surface area (Å²) in [6.07, 6.45) is 2.68. The fourth-order valence-electron chi connectivity index (χ4n) is 3.38. The zero-order valence-corrected chi connectivity index (χ0v) is 19.3. The first-order valence-corrected chi connectivity index (χ1v) is 12.2. The summed E-state index contributed by atoms with van der Waals surface area (Å²) in [5.74, 6) is -2.50. The van der Waals surface area contributed by atoms with Crippen LogP contribution in [0.3, 0.4) is 0 Å². The number of nitrogens with one attached hydrogen (secondary N) is 3. The van der Waals surface area contributed by atoms with Gasteiger partial charge in [0.15, 0.2) is 0 Å². The second-order valence-electron chi connectivity index (χ2n) is 8.11. The van der Waals surface area contributed by atoms with E-state index in [1.807, 2.05) is 0 Å². The minimum atomic E-state index is -3.99. The number of rotatable bonds is 6. The molecule has 1 aromatic heterocycles. The lowest BCUT2D eigenvalue weighted by Gasteiger charge is -2.24. The van der Waals surface area contributed by atoms with Crippen LogP contribution in [0.5, 0.6) is 0 Å². The van der Waals surface area contributed by atoms with Crippen molar-refractivity contribution in [2.75, 3.05) is 6.54 Å². The largest absolute Gasteiger partial charge is 0.349 e. The number of hydrogen-bond donors (Lipinski definition) is 3. The van der Waals surface area contributed by atoms with Crippen LogP contribution in [0.2, 0.25) is 0 Å². The highest BCUT2D eigenvalue weighted by molar-refractivity contribution is 7.89. The maximum absolute atomic E-state index is 13.1. The number of carbonyl (C=O) groups excluding carboxylic acids is 3. The molecule has 0 radical (unpaired) electrons. The van der Waals surface area contributed by atoms with Crippen molar-refractivity contribution in [2.45, 2.75) is 50.1 Å². The number of aryl methyl sites for hydroxylation is 1. The molecule has 0 spiro atoms. The molecule has 2 bridgehead atoms. The van der Waals surface area contributed by atoms with Crippen LogP contribution in [-0.2, 0) is 37.2 Å². The molecular formula is C22H27N5O5S. The lowest BCUT2D eigenvalue weighted by Crippen LogP contribution is -2.56. The second kappa shape index (κ2) is 10.6. The van der Waals surface area contributed by atoms with E-state index in [2.05, 4.69) is 25.3 Å². The van der Waals surface area contributed by atoms with E-state index in [-0.39, 0.29) is 17.9 Å². The van der Waals surface area contributed by atoms with Gasteiger partial charge in [-0.25, -0.2) is 18.4 Å². The Bertz CT molecular complexity index is 1120. The number of amides is 2. The molecule has 3 rings (SSSR count). The molecule has 0 saturated carbocycles. The Labute approximate surface area is 192 Å². The summed E-state index contributed by atoms with van der Waals surface area (Å²) in [5.41, 5.74) is 0.768. The van der Waals surface area contributed by atoms with Crippen LogP contribution < -0.4 is 15.4 Å². The number of sulfonamides is 1. The Hall–Kier alpha value is -3.18. The molecule has 2 heterocycles. The fourth-order valence-corrected chi connectivity index (χ4v) is 4.74. The molecule has 2 aromatic rings. The number of benzene rings is 1. The van der Waals surface area contributed by atoms with Crippen LogP contribution in [0.25, 0.3) is 0 Å². The smallest absolute Gasteiger partial charge is 0.289 e. The van der Waals surface area contributed by atoms with Gasteiger partial charge in [0, 0.05) is 24.9 Å². The highest BCUT2D eigenvalue weighted by Gasteiger charge is 2.34. The van der Waals surface area contributed by atoms with Gasteiger partial charge < -0.3 is 10.6 Å². The highest BCUT2D eigenvalue weighted by Crippen LogP contribution is 2.12. The van der Waals surface area contributed by atoms with E-state index in [0.29, 0.717) is 18.7 Å². The maximum Gasteiger partial charge on any atom is 0.289 e. The van der Waals surface area contributed by atoms with Crippen molar-refractivity contribution in [2.24, 2.45) is 5.92 Å². The van der Waals surface area contributed by atoms with E-state index >= 15 is 0 Å². The molecule has 0 saturated heterocycles. The third-order valence-corrected chi connectivity index (χ3v) is 6.64. The lowest BCUT2D eigenvalue weighted by atomic mass is 10.0. The van der Waals surface area contributed by atoms with E-state index in [1.54, 1.807) is 44.3 Å². The first-order chi connectivity index (χ1) is 15.7. The van der Waals surface area contributed by atoms with Gasteiger partial charge >= 0.3 is 0 Å². The highest BCUT2D eigenvalue weighted by atomic mass is 32.2. The molecule has 11 heteroatoms. The average molecular weight is 474 g/mol.